The molecule has 0 spiro atoms. The molecule has 0 bridgehead atoms. The number of nitrogens with zero attached hydrogens (tertiary/aromatic N) is 3. The molecule has 0 fully saturated rings. The summed E-state index contributed by atoms with van der Waals surface area (Å²) in [6.45, 7) is 0. The van der Waals surface area contributed by atoms with Crippen LogP contribution in [0.1, 0.15) is 0 Å². The summed E-state index contributed by atoms with van der Waals surface area (Å²) in [6, 6.07) is 0. The Morgan fingerprint density at radius 3 is 2.14 bits per heavy atom. The van der Waals surface area contributed by atoms with Crippen LogP contribution in [0.4, 0.5) is 0 Å². The predicted molar refractivity (Wildman–Crippen MR) is 27.4 cm³/mol. The Bertz CT molecular complexity index is 140. The highest BCUT2D eigenvalue weighted by atomic mass is 31.2. The van der Waals surface area contributed by atoms with Crippen molar-refractivity contribution in [3.63, 3.8) is 0 Å². The summed E-state index contributed by atoms with van der Waals surface area (Å²) in [6.07, 6.45) is 0. The van der Waals surface area contributed by atoms with Gasteiger partial charge in [0.1, 0.15) is 8.08 Å². The molecule has 0 unspecified atom stereocenters. The zero-order valence-corrected chi connectivity index (χ0v) is 5.77. The lowest BCUT2D eigenvalue weighted by Gasteiger charge is -1.81. The molecule has 0 saturated heterocycles. The first kappa shape index (κ1) is 5.40. The van der Waals surface area contributed by atoms with Gasteiger partial charge in [-0.2, -0.15) is 0 Å². The zero-order chi connectivity index (χ0) is 5.11. The summed E-state index contributed by atoms with van der Waals surface area (Å²) in [5.74, 6) is 0. The largest absolute Gasteiger partial charge is 0.717 e. The number of hydrogen-bond donors (Lipinski definition) is 0. The number of aromatic nitrogens is 3. The maximum atomic E-state index is 10.2. The van der Waals surface area contributed by atoms with Crippen molar-refractivity contribution in [3.8, 4) is 0 Å². The van der Waals surface area contributed by atoms with E-state index >= 15 is 0 Å². The second-order valence-corrected chi connectivity index (χ2v) is 3.71. The van der Waals surface area contributed by atoms with Crippen LogP contribution in [-0.2, 0) is 0 Å². The Kier molecular flexibility index (Phi) is 1.96. The van der Waals surface area contributed by atoms with Gasteiger partial charge in [-0.1, -0.05) is 9.02 Å². The Hall–Kier alpha value is 0.260. The van der Waals surface area contributed by atoms with Gasteiger partial charge in [-0.15, -0.1) is 0 Å². The molecule has 4 nitrogen and oxygen atoms in total. The first-order valence-electron chi connectivity index (χ1n) is 1.38. The van der Waals surface area contributed by atoms with E-state index in [1.165, 1.54) is 0 Å². The van der Waals surface area contributed by atoms with Gasteiger partial charge in [-0.3, -0.25) is 0 Å². The third-order valence-electron chi connectivity index (χ3n) is 0.313. The van der Waals surface area contributed by atoms with Crippen LogP contribution in [0.15, 0.2) is 0 Å². The molecule has 1 aromatic heterocycles. The van der Waals surface area contributed by atoms with Crippen LogP contribution < -0.4 is 4.89 Å². The van der Waals surface area contributed by atoms with Crippen molar-refractivity contribution in [2.75, 3.05) is 0 Å². The molecular formula is N3OP3. The first-order chi connectivity index (χ1) is 3.39. The molecule has 0 aliphatic carbocycles. The van der Waals surface area contributed by atoms with E-state index in [4.69, 9.17) is 0 Å². The van der Waals surface area contributed by atoms with Crippen molar-refractivity contribution in [3.05, 3.63) is 0 Å². The van der Waals surface area contributed by atoms with Crippen LogP contribution in [0.3, 0.4) is 0 Å². The lowest BCUT2D eigenvalue weighted by Crippen LogP contribution is -1.84. The molecule has 0 aliphatic heterocycles. The highest BCUT2D eigenvalue weighted by Gasteiger charge is 1.84. The molecule has 0 N–H and O–H groups in total. The standard InChI is InChI=1S/N3OP3/c4-7-2-5-1-6-3-7. The minimum atomic E-state index is -1.61. The average Bonchev–Trinajstić information content (AvgIpc) is 1.69. The van der Waals surface area contributed by atoms with E-state index in [9.17, 15) is 4.89 Å². The van der Waals surface area contributed by atoms with Gasteiger partial charge in [0.25, 0.3) is 0 Å². The molecule has 36 valence electrons. The summed E-state index contributed by atoms with van der Waals surface area (Å²) in [4.78, 5) is 10.2. The first-order valence-corrected chi connectivity index (χ1v) is 4.15. The molecule has 7 heavy (non-hydrogen) atoms. The molecular weight excluding hydrogens is 151 g/mol. The smallest absolute Gasteiger partial charge is 0.345 e. The second kappa shape index (κ2) is 2.54. The van der Waals surface area contributed by atoms with Crippen molar-refractivity contribution < 1.29 is 4.89 Å². The molecule has 1 rings (SSSR count). The third-order valence-corrected chi connectivity index (χ3v) is 2.82. The Morgan fingerprint density at radius 1 is 1.29 bits per heavy atom. The van der Waals surface area contributed by atoms with Gasteiger partial charge < -0.3 is 4.89 Å². The molecule has 0 aliphatic rings. The van der Waals surface area contributed by atoms with Gasteiger partial charge in [0.2, 0.25) is 0 Å². The van der Waals surface area contributed by atoms with E-state index in [-0.39, 0.29) is 0 Å². The van der Waals surface area contributed by atoms with Crippen LogP contribution in [0.5, 0.6) is 0 Å². The molecule has 0 radical (unpaired) electrons. The number of hydrogen-bond acceptors (Lipinski definition) is 4. The maximum Gasteiger partial charge on any atom is 0.345 e. The molecule has 1 aromatic rings. The topological polar surface area (TPSA) is 61.7 Å². The van der Waals surface area contributed by atoms with Crippen molar-refractivity contribution in [1.29, 1.82) is 0 Å². The van der Waals surface area contributed by atoms with Gasteiger partial charge in [-0.05, 0) is 4.51 Å². The van der Waals surface area contributed by atoms with Crippen LogP contribution in [-0.4, -0.2) is 13.5 Å². The molecule has 1 heterocycles. The van der Waals surface area contributed by atoms with Gasteiger partial charge >= 0.3 is 17.0 Å². The Balaban J connectivity index is 3.02. The Labute approximate surface area is 44.4 Å². The van der Waals surface area contributed by atoms with Crippen molar-refractivity contribution in [2.45, 2.75) is 0 Å². The van der Waals surface area contributed by atoms with Crippen molar-refractivity contribution in [1.82, 2.24) is 13.5 Å². The quantitative estimate of drug-likeness (QED) is 0.539. The van der Waals surface area contributed by atoms with Gasteiger partial charge in [-0.25, -0.2) is 0 Å². The summed E-state index contributed by atoms with van der Waals surface area (Å²) in [5.41, 5.74) is 0. The third kappa shape index (κ3) is 1.67. The van der Waals surface area contributed by atoms with E-state index < -0.39 is 8.08 Å². The number of rotatable bonds is 0. The van der Waals surface area contributed by atoms with E-state index in [0.29, 0.717) is 17.0 Å². The molecule has 0 saturated carbocycles. The van der Waals surface area contributed by atoms with E-state index in [1.54, 1.807) is 0 Å². The monoisotopic (exact) mass is 151 g/mol. The SMILES string of the molecule is [O-][p+]1npnpn1. The van der Waals surface area contributed by atoms with Gasteiger partial charge in [0.15, 0.2) is 0 Å². The predicted octanol–water partition coefficient (Wildman–Crippen LogP) is 0.423. The zero-order valence-electron chi connectivity index (χ0n) is 3.09. The van der Waals surface area contributed by atoms with Gasteiger partial charge in [0, 0.05) is 0 Å². The van der Waals surface area contributed by atoms with E-state index in [0.717, 1.165) is 0 Å². The minimum Gasteiger partial charge on any atom is -0.717 e. The van der Waals surface area contributed by atoms with Crippen molar-refractivity contribution >= 4 is 25.1 Å². The summed E-state index contributed by atoms with van der Waals surface area (Å²) in [7, 11) is -0.505. The fourth-order valence-corrected chi connectivity index (χ4v) is 2.23. The van der Waals surface area contributed by atoms with Crippen LogP contribution in [0.25, 0.3) is 0 Å². The molecule has 0 amide bonds. The normalized spacial score (nSPS) is 13.6. The molecule has 7 heteroatoms. The summed E-state index contributed by atoms with van der Waals surface area (Å²) >= 11 is 0. The van der Waals surface area contributed by atoms with Crippen molar-refractivity contribution in [2.24, 2.45) is 0 Å². The van der Waals surface area contributed by atoms with E-state index in [2.05, 4.69) is 13.5 Å². The highest BCUT2D eigenvalue weighted by molar-refractivity contribution is 7.48. The highest BCUT2D eigenvalue weighted by Crippen LogP contribution is 2.10. The van der Waals surface area contributed by atoms with Crippen LogP contribution >= 0.6 is 25.1 Å². The second-order valence-electron chi connectivity index (χ2n) is 0.700. The minimum absolute atomic E-state index is 0.553. The van der Waals surface area contributed by atoms with Crippen LogP contribution in [0, 0.1) is 0 Å². The molecule has 0 atom stereocenters. The van der Waals surface area contributed by atoms with E-state index in [1.807, 2.05) is 0 Å². The summed E-state index contributed by atoms with van der Waals surface area (Å²) in [5, 5.41) is 0. The fraction of sp³-hybridized carbons (Fsp3) is 0. The summed E-state index contributed by atoms with van der Waals surface area (Å²) < 4.78 is 10.6. The Morgan fingerprint density at radius 2 is 1.86 bits per heavy atom. The maximum absolute atomic E-state index is 10.2. The lowest BCUT2D eigenvalue weighted by molar-refractivity contribution is -0.154. The lowest BCUT2D eigenvalue weighted by atomic mass is 13.9. The fourth-order valence-electron chi connectivity index (χ4n) is 0.140. The average molecular weight is 151 g/mol. The molecule has 0 aromatic carbocycles. The van der Waals surface area contributed by atoms with Crippen LogP contribution in [0.2, 0.25) is 0 Å². The van der Waals surface area contributed by atoms with Gasteiger partial charge in [0.05, 0.1) is 0 Å².